The van der Waals surface area contributed by atoms with Gasteiger partial charge in [-0.05, 0) is 24.5 Å². The Balaban J connectivity index is 1.71. The van der Waals surface area contributed by atoms with E-state index in [0.29, 0.717) is 0 Å². The quantitative estimate of drug-likeness (QED) is 0.572. The summed E-state index contributed by atoms with van der Waals surface area (Å²) in [5.41, 5.74) is 2.52. The molecule has 0 fully saturated rings. The fraction of sp³-hybridized carbons (Fsp3) is 0.474. The van der Waals surface area contributed by atoms with E-state index >= 15 is 0 Å². The van der Waals surface area contributed by atoms with Crippen LogP contribution >= 0.6 is 0 Å². The molecule has 0 unspecified atom stereocenters. The zero-order valence-electron chi connectivity index (χ0n) is 13.1. The lowest BCUT2D eigenvalue weighted by molar-refractivity contribution is 0.589. The monoisotopic (exact) mass is 282 g/mol. The van der Waals surface area contributed by atoms with Crippen LogP contribution < -0.4 is 0 Å². The Morgan fingerprint density at radius 1 is 0.762 bits per heavy atom. The van der Waals surface area contributed by atoms with E-state index in [1.54, 1.807) is 12.4 Å². The standard InChI is InChI=1S/C19H26N2/c1-2-3-4-5-6-7-8-10-17-11-13-18(14-12-17)19-20-15-9-16-21-19/h9,11-16H,2-8,10H2,1H3. The Hall–Kier alpha value is -1.70. The Labute approximate surface area is 128 Å². The van der Waals surface area contributed by atoms with E-state index in [-0.39, 0.29) is 0 Å². The molecule has 0 aliphatic heterocycles. The predicted molar refractivity (Wildman–Crippen MR) is 89.2 cm³/mol. The largest absolute Gasteiger partial charge is 0.237 e. The Bertz CT molecular complexity index is 491. The maximum atomic E-state index is 4.28. The zero-order valence-corrected chi connectivity index (χ0v) is 13.1. The third kappa shape index (κ3) is 5.66. The van der Waals surface area contributed by atoms with Crippen molar-refractivity contribution < 1.29 is 0 Å². The number of unbranched alkanes of at least 4 members (excludes halogenated alkanes) is 6. The van der Waals surface area contributed by atoms with Crippen molar-refractivity contribution in [2.75, 3.05) is 0 Å². The number of aromatic nitrogens is 2. The summed E-state index contributed by atoms with van der Waals surface area (Å²) in [4.78, 5) is 8.56. The van der Waals surface area contributed by atoms with Crippen LogP contribution in [0.3, 0.4) is 0 Å². The molecule has 1 aromatic heterocycles. The van der Waals surface area contributed by atoms with Crippen LogP contribution in [0.2, 0.25) is 0 Å². The summed E-state index contributed by atoms with van der Waals surface area (Å²) < 4.78 is 0. The van der Waals surface area contributed by atoms with Gasteiger partial charge in [0.15, 0.2) is 5.82 Å². The molecule has 0 aliphatic rings. The van der Waals surface area contributed by atoms with E-state index in [9.17, 15) is 0 Å². The van der Waals surface area contributed by atoms with Gasteiger partial charge in [-0.3, -0.25) is 0 Å². The first kappa shape index (κ1) is 15.7. The molecule has 21 heavy (non-hydrogen) atoms. The maximum Gasteiger partial charge on any atom is 0.159 e. The highest BCUT2D eigenvalue weighted by Gasteiger charge is 2.00. The summed E-state index contributed by atoms with van der Waals surface area (Å²) in [6, 6.07) is 10.5. The average molecular weight is 282 g/mol. The van der Waals surface area contributed by atoms with Crippen molar-refractivity contribution in [1.29, 1.82) is 0 Å². The van der Waals surface area contributed by atoms with E-state index < -0.39 is 0 Å². The zero-order chi connectivity index (χ0) is 14.8. The van der Waals surface area contributed by atoms with Crippen molar-refractivity contribution >= 4 is 0 Å². The fourth-order valence-corrected chi connectivity index (χ4v) is 2.55. The van der Waals surface area contributed by atoms with Crippen molar-refractivity contribution in [2.45, 2.75) is 58.3 Å². The summed E-state index contributed by atoms with van der Waals surface area (Å²) in [5.74, 6) is 0.806. The molecule has 1 heterocycles. The number of nitrogens with zero attached hydrogens (tertiary/aromatic N) is 2. The Kier molecular flexibility index (Phi) is 6.93. The molecule has 2 heteroatoms. The molecule has 0 N–H and O–H groups in total. The summed E-state index contributed by atoms with van der Waals surface area (Å²) in [7, 11) is 0. The first-order chi connectivity index (χ1) is 10.4. The summed E-state index contributed by atoms with van der Waals surface area (Å²) in [6.45, 7) is 2.27. The third-order valence-corrected chi connectivity index (χ3v) is 3.85. The molecular weight excluding hydrogens is 256 g/mol. The second kappa shape index (κ2) is 9.28. The lowest BCUT2D eigenvalue weighted by atomic mass is 10.0. The lowest BCUT2D eigenvalue weighted by Gasteiger charge is -2.04. The van der Waals surface area contributed by atoms with E-state index in [4.69, 9.17) is 0 Å². The lowest BCUT2D eigenvalue weighted by Crippen LogP contribution is -1.89. The van der Waals surface area contributed by atoms with Crippen LogP contribution in [0, 0.1) is 0 Å². The maximum absolute atomic E-state index is 4.28. The van der Waals surface area contributed by atoms with Crippen LogP contribution in [0.5, 0.6) is 0 Å². The highest BCUT2D eigenvalue weighted by Crippen LogP contribution is 2.16. The van der Waals surface area contributed by atoms with Crippen LogP contribution in [0.25, 0.3) is 11.4 Å². The van der Waals surface area contributed by atoms with Gasteiger partial charge in [0.1, 0.15) is 0 Å². The second-order valence-electron chi connectivity index (χ2n) is 5.64. The van der Waals surface area contributed by atoms with Gasteiger partial charge >= 0.3 is 0 Å². The van der Waals surface area contributed by atoms with E-state index in [2.05, 4.69) is 41.2 Å². The SMILES string of the molecule is CCCCCCCCCc1ccc(-c2ncccn2)cc1. The average Bonchev–Trinajstić information content (AvgIpc) is 2.55. The van der Waals surface area contributed by atoms with Gasteiger partial charge in [-0.2, -0.15) is 0 Å². The third-order valence-electron chi connectivity index (χ3n) is 3.85. The summed E-state index contributed by atoms with van der Waals surface area (Å²) >= 11 is 0. The number of benzene rings is 1. The topological polar surface area (TPSA) is 25.8 Å². The number of rotatable bonds is 9. The van der Waals surface area contributed by atoms with Gasteiger partial charge in [0, 0.05) is 18.0 Å². The molecule has 0 spiro atoms. The van der Waals surface area contributed by atoms with Gasteiger partial charge in [-0.1, -0.05) is 69.7 Å². The van der Waals surface area contributed by atoms with Crippen molar-refractivity contribution in [3.8, 4) is 11.4 Å². The predicted octanol–water partition coefficient (Wildman–Crippen LogP) is 5.44. The van der Waals surface area contributed by atoms with Crippen molar-refractivity contribution in [3.63, 3.8) is 0 Å². The molecule has 112 valence electrons. The highest BCUT2D eigenvalue weighted by atomic mass is 14.8. The van der Waals surface area contributed by atoms with Crippen molar-refractivity contribution in [1.82, 2.24) is 9.97 Å². The first-order valence-electron chi connectivity index (χ1n) is 8.26. The highest BCUT2D eigenvalue weighted by molar-refractivity contribution is 5.54. The van der Waals surface area contributed by atoms with Crippen LogP contribution in [-0.2, 0) is 6.42 Å². The normalized spacial score (nSPS) is 10.7. The minimum atomic E-state index is 0.806. The van der Waals surface area contributed by atoms with Gasteiger partial charge in [-0.15, -0.1) is 0 Å². The molecule has 0 aliphatic carbocycles. The first-order valence-corrected chi connectivity index (χ1v) is 8.26. The van der Waals surface area contributed by atoms with E-state index in [0.717, 1.165) is 11.4 Å². The van der Waals surface area contributed by atoms with E-state index in [1.807, 2.05) is 6.07 Å². The summed E-state index contributed by atoms with van der Waals surface area (Å²) in [6.07, 6.45) is 14.3. The van der Waals surface area contributed by atoms with E-state index in [1.165, 1.54) is 56.9 Å². The number of hydrogen-bond acceptors (Lipinski definition) is 2. The molecule has 2 aromatic rings. The molecule has 2 rings (SSSR count). The molecule has 0 bridgehead atoms. The molecular formula is C19H26N2. The molecule has 0 saturated carbocycles. The van der Waals surface area contributed by atoms with Crippen LogP contribution in [0.15, 0.2) is 42.7 Å². The Morgan fingerprint density at radius 2 is 1.38 bits per heavy atom. The number of aryl methyl sites for hydroxylation is 1. The minimum absolute atomic E-state index is 0.806. The van der Waals surface area contributed by atoms with Crippen LogP contribution in [0.4, 0.5) is 0 Å². The van der Waals surface area contributed by atoms with Gasteiger partial charge < -0.3 is 0 Å². The van der Waals surface area contributed by atoms with Crippen LogP contribution in [0.1, 0.15) is 57.4 Å². The molecule has 0 saturated heterocycles. The van der Waals surface area contributed by atoms with Gasteiger partial charge in [-0.25, -0.2) is 9.97 Å². The number of hydrogen-bond donors (Lipinski definition) is 0. The summed E-state index contributed by atoms with van der Waals surface area (Å²) in [5, 5.41) is 0. The minimum Gasteiger partial charge on any atom is -0.237 e. The van der Waals surface area contributed by atoms with Gasteiger partial charge in [0.05, 0.1) is 0 Å². The molecule has 0 amide bonds. The van der Waals surface area contributed by atoms with Crippen LogP contribution in [-0.4, -0.2) is 9.97 Å². The Morgan fingerprint density at radius 3 is 2.05 bits per heavy atom. The van der Waals surface area contributed by atoms with Crippen molar-refractivity contribution in [2.24, 2.45) is 0 Å². The molecule has 0 atom stereocenters. The van der Waals surface area contributed by atoms with Gasteiger partial charge in [0.2, 0.25) is 0 Å². The molecule has 1 aromatic carbocycles. The second-order valence-corrected chi connectivity index (χ2v) is 5.64. The molecule has 2 nitrogen and oxygen atoms in total. The fourth-order valence-electron chi connectivity index (χ4n) is 2.55. The smallest absolute Gasteiger partial charge is 0.159 e. The molecule has 0 radical (unpaired) electrons. The van der Waals surface area contributed by atoms with Gasteiger partial charge in [0.25, 0.3) is 0 Å². The van der Waals surface area contributed by atoms with Crippen molar-refractivity contribution in [3.05, 3.63) is 48.3 Å².